The monoisotopic (exact) mass is 407 g/mol. The van der Waals surface area contributed by atoms with Crippen LogP contribution in [0.5, 0.6) is 5.75 Å². The molecular formula is C23H25N3O4. The van der Waals surface area contributed by atoms with Gasteiger partial charge >= 0.3 is 0 Å². The van der Waals surface area contributed by atoms with E-state index in [4.69, 9.17) is 4.74 Å². The van der Waals surface area contributed by atoms with Gasteiger partial charge in [-0.05, 0) is 48.7 Å². The minimum atomic E-state index is -0.471. The van der Waals surface area contributed by atoms with Crippen LogP contribution in [0, 0.1) is 5.92 Å². The third kappa shape index (κ3) is 4.01. The van der Waals surface area contributed by atoms with E-state index in [1.807, 2.05) is 24.3 Å². The number of hydrogen-bond donors (Lipinski definition) is 1. The molecule has 4 rings (SSSR count). The van der Waals surface area contributed by atoms with Crippen molar-refractivity contribution >= 4 is 29.1 Å². The van der Waals surface area contributed by atoms with Crippen molar-refractivity contribution in [3.8, 4) is 5.75 Å². The quantitative estimate of drug-likeness (QED) is 0.824. The van der Waals surface area contributed by atoms with Crippen LogP contribution in [0.3, 0.4) is 0 Å². The lowest BCUT2D eigenvalue weighted by atomic mass is 10.0. The minimum Gasteiger partial charge on any atom is -0.497 e. The number of nitrogens with one attached hydrogen (secondary N) is 1. The van der Waals surface area contributed by atoms with Crippen LogP contribution in [0.15, 0.2) is 48.5 Å². The highest BCUT2D eigenvalue weighted by Crippen LogP contribution is 2.28. The van der Waals surface area contributed by atoms with Gasteiger partial charge in [-0.25, -0.2) is 0 Å². The van der Waals surface area contributed by atoms with Crippen molar-refractivity contribution in [1.29, 1.82) is 0 Å². The second kappa shape index (κ2) is 8.57. The van der Waals surface area contributed by atoms with Gasteiger partial charge in [0.1, 0.15) is 5.75 Å². The van der Waals surface area contributed by atoms with Gasteiger partial charge in [0.15, 0.2) is 0 Å². The number of fused-ring (bicyclic) bond motifs is 1. The highest BCUT2D eigenvalue weighted by Gasteiger charge is 2.35. The molecule has 3 amide bonds. The molecular weight excluding hydrogens is 382 g/mol. The Morgan fingerprint density at radius 3 is 2.67 bits per heavy atom. The van der Waals surface area contributed by atoms with Gasteiger partial charge in [0.05, 0.1) is 19.6 Å². The number of carbonyl (C=O) groups is 3. The highest BCUT2D eigenvalue weighted by atomic mass is 16.5. The summed E-state index contributed by atoms with van der Waals surface area (Å²) in [6, 6.07) is 15.0. The Morgan fingerprint density at radius 1 is 1.13 bits per heavy atom. The van der Waals surface area contributed by atoms with Crippen LogP contribution in [0.1, 0.15) is 18.4 Å². The molecule has 1 atom stereocenters. The fraction of sp³-hybridized carbons (Fsp3) is 0.348. The van der Waals surface area contributed by atoms with E-state index in [0.717, 1.165) is 29.8 Å². The lowest BCUT2D eigenvalue weighted by Crippen LogP contribution is -2.44. The second-order valence-corrected chi connectivity index (χ2v) is 7.60. The fourth-order valence-electron chi connectivity index (χ4n) is 4.09. The predicted molar refractivity (Wildman–Crippen MR) is 114 cm³/mol. The Morgan fingerprint density at radius 2 is 1.90 bits per heavy atom. The SMILES string of the molecule is COc1ccc(N2C[C@@H](C(=O)NCC(=O)N3CCCc4ccccc43)CC2=O)cc1. The molecule has 0 spiro atoms. The summed E-state index contributed by atoms with van der Waals surface area (Å²) in [4.78, 5) is 41.1. The minimum absolute atomic E-state index is 0.0691. The molecule has 2 heterocycles. The lowest BCUT2D eigenvalue weighted by Gasteiger charge is -2.29. The van der Waals surface area contributed by atoms with E-state index in [0.29, 0.717) is 18.8 Å². The molecule has 156 valence electrons. The number of anilines is 2. The van der Waals surface area contributed by atoms with Crippen molar-refractivity contribution in [2.45, 2.75) is 19.3 Å². The summed E-state index contributed by atoms with van der Waals surface area (Å²) in [5.41, 5.74) is 2.81. The number of rotatable bonds is 5. The maximum atomic E-state index is 12.7. The van der Waals surface area contributed by atoms with Crippen LogP contribution >= 0.6 is 0 Å². The Balaban J connectivity index is 1.34. The van der Waals surface area contributed by atoms with Crippen LogP contribution in [-0.2, 0) is 20.8 Å². The molecule has 0 bridgehead atoms. The molecule has 1 N–H and O–H groups in total. The van der Waals surface area contributed by atoms with Gasteiger partial charge in [-0.15, -0.1) is 0 Å². The number of ether oxygens (including phenoxy) is 1. The largest absolute Gasteiger partial charge is 0.497 e. The summed E-state index contributed by atoms with van der Waals surface area (Å²) < 4.78 is 5.14. The third-order valence-corrected chi connectivity index (χ3v) is 5.71. The van der Waals surface area contributed by atoms with E-state index in [1.54, 1.807) is 41.2 Å². The van der Waals surface area contributed by atoms with Crippen molar-refractivity contribution in [3.05, 3.63) is 54.1 Å². The molecule has 1 fully saturated rings. The first kappa shape index (κ1) is 19.9. The first-order valence-corrected chi connectivity index (χ1v) is 10.2. The lowest BCUT2D eigenvalue weighted by molar-refractivity contribution is -0.128. The van der Waals surface area contributed by atoms with Crippen LogP contribution in [0.25, 0.3) is 0 Å². The zero-order chi connectivity index (χ0) is 21.1. The van der Waals surface area contributed by atoms with Gasteiger partial charge in [0.2, 0.25) is 17.7 Å². The number of para-hydroxylation sites is 1. The number of hydrogen-bond acceptors (Lipinski definition) is 4. The smallest absolute Gasteiger partial charge is 0.246 e. The van der Waals surface area contributed by atoms with Gasteiger partial charge in [0, 0.05) is 30.9 Å². The number of benzene rings is 2. The summed E-state index contributed by atoms with van der Waals surface area (Å²) in [5.74, 6) is -0.264. The van der Waals surface area contributed by atoms with Gasteiger partial charge in [0.25, 0.3) is 0 Å². The standard InChI is InChI=1S/C23H25N3O4/c1-30-19-10-8-18(9-11-19)26-15-17(13-21(26)27)23(29)24-14-22(28)25-12-4-6-16-5-2-3-7-20(16)25/h2-3,5,7-11,17H,4,6,12-15H2,1H3,(H,24,29)/t17-/m0/s1. The normalized spacial score (nSPS) is 18.2. The van der Waals surface area contributed by atoms with Gasteiger partial charge in [-0.2, -0.15) is 0 Å². The second-order valence-electron chi connectivity index (χ2n) is 7.60. The molecule has 2 aromatic carbocycles. The van der Waals surface area contributed by atoms with Crippen molar-refractivity contribution in [1.82, 2.24) is 5.32 Å². The van der Waals surface area contributed by atoms with E-state index in [-0.39, 0.29) is 30.7 Å². The summed E-state index contributed by atoms with van der Waals surface area (Å²) in [6.45, 7) is 0.886. The molecule has 7 nitrogen and oxygen atoms in total. The van der Waals surface area contributed by atoms with E-state index in [1.165, 1.54) is 0 Å². The third-order valence-electron chi connectivity index (χ3n) is 5.71. The number of carbonyl (C=O) groups excluding carboxylic acids is 3. The number of aryl methyl sites for hydroxylation is 1. The molecule has 0 aliphatic carbocycles. The van der Waals surface area contributed by atoms with Crippen molar-refractivity contribution in [3.63, 3.8) is 0 Å². The number of amides is 3. The average Bonchev–Trinajstić information content (AvgIpc) is 3.18. The first-order valence-electron chi connectivity index (χ1n) is 10.2. The van der Waals surface area contributed by atoms with E-state index >= 15 is 0 Å². The number of nitrogens with zero attached hydrogens (tertiary/aromatic N) is 2. The molecule has 1 saturated heterocycles. The fourth-order valence-corrected chi connectivity index (χ4v) is 4.09. The van der Waals surface area contributed by atoms with Crippen molar-refractivity contribution < 1.29 is 19.1 Å². The van der Waals surface area contributed by atoms with Crippen molar-refractivity contribution in [2.24, 2.45) is 5.92 Å². The molecule has 7 heteroatoms. The summed E-state index contributed by atoms with van der Waals surface area (Å²) in [6.07, 6.45) is 2.00. The van der Waals surface area contributed by atoms with Crippen LogP contribution in [-0.4, -0.2) is 44.5 Å². The topological polar surface area (TPSA) is 79.0 Å². The maximum absolute atomic E-state index is 12.7. The van der Waals surface area contributed by atoms with Crippen LogP contribution in [0.2, 0.25) is 0 Å². The summed E-state index contributed by atoms with van der Waals surface area (Å²) in [7, 11) is 1.58. The predicted octanol–water partition coefficient (Wildman–Crippen LogP) is 2.14. The molecule has 0 aromatic heterocycles. The molecule has 30 heavy (non-hydrogen) atoms. The zero-order valence-electron chi connectivity index (χ0n) is 17.0. The molecule has 0 unspecified atom stereocenters. The molecule has 2 aliphatic heterocycles. The number of methoxy groups -OCH3 is 1. The molecule has 2 aromatic rings. The van der Waals surface area contributed by atoms with Crippen LogP contribution in [0.4, 0.5) is 11.4 Å². The average molecular weight is 407 g/mol. The molecule has 0 saturated carbocycles. The van der Waals surface area contributed by atoms with Gasteiger partial charge in [-0.1, -0.05) is 18.2 Å². The Bertz CT molecular complexity index is 957. The highest BCUT2D eigenvalue weighted by molar-refractivity contribution is 6.02. The Hall–Kier alpha value is -3.35. The Kier molecular flexibility index (Phi) is 5.70. The summed E-state index contributed by atoms with van der Waals surface area (Å²) >= 11 is 0. The van der Waals surface area contributed by atoms with Crippen LogP contribution < -0.4 is 19.9 Å². The van der Waals surface area contributed by atoms with Gasteiger partial charge in [-0.3, -0.25) is 14.4 Å². The van der Waals surface area contributed by atoms with E-state index < -0.39 is 5.92 Å². The summed E-state index contributed by atoms with van der Waals surface area (Å²) in [5, 5.41) is 2.73. The first-order chi connectivity index (χ1) is 14.6. The zero-order valence-corrected chi connectivity index (χ0v) is 17.0. The van der Waals surface area contributed by atoms with Gasteiger partial charge < -0.3 is 19.9 Å². The molecule has 0 radical (unpaired) electrons. The van der Waals surface area contributed by atoms with Crippen molar-refractivity contribution in [2.75, 3.05) is 36.5 Å². The maximum Gasteiger partial charge on any atom is 0.246 e. The molecule has 2 aliphatic rings. The van der Waals surface area contributed by atoms with E-state index in [9.17, 15) is 14.4 Å². The van der Waals surface area contributed by atoms with E-state index in [2.05, 4.69) is 5.32 Å². The Labute approximate surface area is 175 Å².